The number of aromatic hydroxyl groups is 2. The van der Waals surface area contributed by atoms with Gasteiger partial charge >= 0.3 is 0 Å². The van der Waals surface area contributed by atoms with Gasteiger partial charge in [-0.05, 0) is 89.5 Å². The molecule has 8 aromatic rings. The van der Waals surface area contributed by atoms with E-state index >= 15 is 4.39 Å². The maximum Gasteiger partial charge on any atom is 0.259 e. The fraction of sp³-hybridized carbons (Fsp3) is 0.0200. The van der Waals surface area contributed by atoms with Gasteiger partial charge in [0.15, 0.2) is 17.3 Å². The zero-order valence-electron chi connectivity index (χ0n) is 33.2. The largest absolute Gasteiger partial charge is 0.505 e. The lowest BCUT2D eigenvalue weighted by molar-refractivity contribution is 0.101. The lowest BCUT2D eigenvalue weighted by atomic mass is 9.98. The van der Waals surface area contributed by atoms with E-state index in [0.717, 1.165) is 5.56 Å². The zero-order chi connectivity index (χ0) is 43.9. The number of phenolic OH excluding ortho intramolecular Hbond substituents is 2. The number of para-hydroxylation sites is 1. The van der Waals surface area contributed by atoms with Gasteiger partial charge in [-0.15, -0.1) is 10.2 Å². The fourth-order valence-electron chi connectivity index (χ4n) is 7.59. The highest BCUT2D eigenvalue weighted by Gasteiger charge is 2.31. The fourth-order valence-corrected chi connectivity index (χ4v) is 7.77. The topological polar surface area (TPSA) is 165 Å². The van der Waals surface area contributed by atoms with E-state index in [1.165, 1.54) is 18.2 Å². The van der Waals surface area contributed by atoms with E-state index in [1.807, 2.05) is 13.0 Å². The van der Waals surface area contributed by atoms with Crippen molar-refractivity contribution in [2.45, 2.75) is 6.92 Å². The summed E-state index contributed by atoms with van der Waals surface area (Å²) < 4.78 is 15.3. The van der Waals surface area contributed by atoms with Crippen LogP contribution in [0.1, 0.15) is 47.8 Å². The summed E-state index contributed by atoms with van der Waals surface area (Å²) in [5, 5.41) is 48.4. The first-order valence-corrected chi connectivity index (χ1v) is 19.8. The van der Waals surface area contributed by atoms with Gasteiger partial charge in [0.05, 0.1) is 33.2 Å². The highest BCUT2D eigenvalue weighted by atomic mass is 35.5. The lowest BCUT2D eigenvalue weighted by Crippen LogP contribution is -2.12. The van der Waals surface area contributed by atoms with Crippen LogP contribution in [-0.2, 0) is 0 Å². The molecule has 8 aromatic carbocycles. The van der Waals surface area contributed by atoms with Gasteiger partial charge in [0.1, 0.15) is 17.2 Å². The molecule has 63 heavy (non-hydrogen) atoms. The van der Waals surface area contributed by atoms with E-state index in [0.29, 0.717) is 49.1 Å². The molecule has 13 heteroatoms. The van der Waals surface area contributed by atoms with Crippen LogP contribution in [0.5, 0.6) is 11.5 Å². The Kier molecular flexibility index (Phi) is 10.3. The summed E-state index contributed by atoms with van der Waals surface area (Å²) in [6, 6.07) is 38.7. The molecule has 11 nitrogen and oxygen atoms in total. The molecular weight excluding hydrogens is 819 g/mol. The number of hydrogen-bond donors (Lipinski definition) is 4. The van der Waals surface area contributed by atoms with E-state index in [4.69, 9.17) is 11.6 Å². The quantitative estimate of drug-likeness (QED) is 0.106. The molecule has 306 valence electrons. The van der Waals surface area contributed by atoms with E-state index < -0.39 is 34.9 Å². The molecule has 0 saturated carbocycles. The molecule has 0 fully saturated rings. The van der Waals surface area contributed by atoms with Crippen LogP contribution in [-0.4, -0.2) is 27.8 Å². The molecule has 0 unspecified atom stereocenters. The van der Waals surface area contributed by atoms with Crippen molar-refractivity contribution in [2.24, 2.45) is 20.5 Å². The molecule has 2 amide bonds. The van der Waals surface area contributed by atoms with Crippen LogP contribution in [0.3, 0.4) is 0 Å². The third kappa shape index (κ3) is 7.55. The van der Waals surface area contributed by atoms with Gasteiger partial charge in [0.2, 0.25) is 0 Å². The van der Waals surface area contributed by atoms with Gasteiger partial charge < -0.3 is 20.8 Å². The second kappa shape index (κ2) is 16.3. The Bertz CT molecular complexity index is 3350. The van der Waals surface area contributed by atoms with Gasteiger partial charge in [0.25, 0.3) is 11.8 Å². The summed E-state index contributed by atoms with van der Waals surface area (Å²) in [7, 11) is 0. The number of nitrogens with zero attached hydrogens (tertiary/aromatic N) is 4. The summed E-state index contributed by atoms with van der Waals surface area (Å²) in [5.41, 5.74) is 3.15. The van der Waals surface area contributed by atoms with Crippen molar-refractivity contribution in [2.75, 3.05) is 10.6 Å². The van der Waals surface area contributed by atoms with Crippen molar-refractivity contribution in [1.29, 1.82) is 0 Å². The number of benzene rings is 8. The summed E-state index contributed by atoms with van der Waals surface area (Å²) in [6.45, 7) is 5.41. The molecule has 0 bridgehead atoms. The number of rotatable bonds is 9. The van der Waals surface area contributed by atoms with Crippen LogP contribution >= 0.6 is 11.6 Å². The minimum Gasteiger partial charge on any atom is -0.505 e. The lowest BCUT2D eigenvalue weighted by Gasteiger charge is -2.12. The van der Waals surface area contributed by atoms with Crippen LogP contribution in [0.25, 0.3) is 38.5 Å². The van der Waals surface area contributed by atoms with E-state index in [1.54, 1.807) is 115 Å². The van der Waals surface area contributed by atoms with Crippen LogP contribution in [0, 0.1) is 6.92 Å². The first kappa shape index (κ1) is 40.1. The van der Waals surface area contributed by atoms with Crippen molar-refractivity contribution in [1.82, 2.24) is 0 Å². The zero-order valence-corrected chi connectivity index (χ0v) is 33.9. The number of hydrogen-bond acceptors (Lipinski definition) is 9. The van der Waals surface area contributed by atoms with Crippen LogP contribution in [0.15, 0.2) is 167 Å². The highest BCUT2D eigenvalue weighted by Crippen LogP contribution is 2.47. The van der Waals surface area contributed by atoms with Crippen molar-refractivity contribution in [3.05, 3.63) is 185 Å². The monoisotopic (exact) mass is 850 g/mol. The highest BCUT2D eigenvalue weighted by molar-refractivity contribution is 6.34. The molecule has 0 aromatic heterocycles. The Morgan fingerprint density at radius 2 is 1.19 bits per heavy atom. The molecule has 0 radical (unpaired) electrons. The molecular formula is C50H32ClFN6O5. The average molecular weight is 851 g/mol. The number of carbonyl (C=O) groups excluding carboxylic acids is 3. The number of fused-ring (bicyclic) bond motifs is 5. The number of phenols is 2. The number of ketones is 1. The summed E-state index contributed by atoms with van der Waals surface area (Å²) in [6.07, 6.45) is 0. The Balaban J connectivity index is 1.04. The number of nitrogens with one attached hydrogen (secondary N) is 2. The van der Waals surface area contributed by atoms with Crippen molar-refractivity contribution >= 4 is 90.7 Å². The SMILES string of the molecule is C=C(F)c1cc(N=Nc2c(O)c(C(=O)Nc3cccc(C)c3)cc3ccccc23)cc2c1-c1ccc(N=Nc3c(O)c(C(=O)Nc4ccccc4Cl)cc4ccccc34)cc1C2=O. The first-order chi connectivity index (χ1) is 30.4. The van der Waals surface area contributed by atoms with Crippen molar-refractivity contribution in [3.8, 4) is 22.6 Å². The summed E-state index contributed by atoms with van der Waals surface area (Å²) >= 11 is 6.26. The van der Waals surface area contributed by atoms with Gasteiger partial charge in [0, 0.05) is 38.7 Å². The third-order valence-corrected chi connectivity index (χ3v) is 10.9. The predicted molar refractivity (Wildman–Crippen MR) is 244 cm³/mol. The number of azo groups is 2. The summed E-state index contributed by atoms with van der Waals surface area (Å²) in [4.78, 5) is 40.9. The number of carbonyl (C=O) groups is 3. The average Bonchev–Trinajstić information content (AvgIpc) is 3.55. The van der Waals surface area contributed by atoms with Crippen LogP contribution in [0.4, 0.5) is 38.5 Å². The van der Waals surface area contributed by atoms with Crippen LogP contribution in [0.2, 0.25) is 5.02 Å². The standard InChI is InChI=1S/C50H32ClFN6O5/c1-26-10-9-13-30(20-26)53-49(62)39-21-28-11-3-6-15-34(28)45(47(39)60)58-56-32-24-36(27(2)52)43-35-19-18-31(23-37(35)46(59)38(43)25-32)55-57-44-33-14-5-4-12-29(33)22-40(48(44)61)50(63)54-42-17-8-7-16-41(42)51/h3-25,60-61H,2H2,1H3,(H,53,62)(H,54,63). The molecule has 0 heterocycles. The van der Waals surface area contributed by atoms with Gasteiger partial charge in [-0.1, -0.05) is 97.0 Å². The normalized spacial score (nSPS) is 12.0. The molecule has 0 atom stereocenters. The van der Waals surface area contributed by atoms with Gasteiger partial charge in [-0.3, -0.25) is 14.4 Å². The smallest absolute Gasteiger partial charge is 0.259 e. The summed E-state index contributed by atoms with van der Waals surface area (Å²) in [5.74, 6) is -3.29. The number of amides is 2. The minimum atomic E-state index is -0.823. The number of aryl methyl sites for hydroxylation is 1. The molecule has 4 N–H and O–H groups in total. The molecule has 9 rings (SSSR count). The Morgan fingerprint density at radius 3 is 1.83 bits per heavy atom. The van der Waals surface area contributed by atoms with Crippen molar-refractivity contribution in [3.63, 3.8) is 0 Å². The van der Waals surface area contributed by atoms with E-state index in [9.17, 15) is 24.6 Å². The predicted octanol–water partition coefficient (Wildman–Crippen LogP) is 13.9. The second-order valence-electron chi connectivity index (χ2n) is 14.7. The molecule has 0 saturated heterocycles. The van der Waals surface area contributed by atoms with Crippen LogP contribution < -0.4 is 10.6 Å². The minimum absolute atomic E-state index is 0.00111. The van der Waals surface area contributed by atoms with E-state index in [2.05, 4.69) is 37.7 Å². The Labute approximate surface area is 363 Å². The van der Waals surface area contributed by atoms with Crippen molar-refractivity contribution < 1.29 is 29.0 Å². The first-order valence-electron chi connectivity index (χ1n) is 19.4. The third-order valence-electron chi connectivity index (χ3n) is 10.6. The Morgan fingerprint density at radius 1 is 0.603 bits per heavy atom. The van der Waals surface area contributed by atoms with Gasteiger partial charge in [-0.25, -0.2) is 4.39 Å². The second-order valence-corrected chi connectivity index (χ2v) is 15.1. The number of anilines is 2. The molecule has 0 spiro atoms. The maximum atomic E-state index is 15.3. The van der Waals surface area contributed by atoms with Gasteiger partial charge in [-0.2, -0.15) is 10.2 Å². The maximum absolute atomic E-state index is 15.3. The van der Waals surface area contributed by atoms with E-state index in [-0.39, 0.29) is 50.6 Å². The Hall–Kier alpha value is -8.35. The molecule has 1 aliphatic carbocycles. The molecule has 1 aliphatic rings. The number of halogens is 2. The molecule has 0 aliphatic heterocycles.